The molecule has 1 aliphatic heterocycles. The third-order valence-electron chi connectivity index (χ3n) is 4.26. The minimum Gasteiger partial charge on any atom is -0.327 e. The molecule has 0 aromatic heterocycles. The Balaban J connectivity index is 1.80. The first-order valence-corrected chi connectivity index (χ1v) is 7.09. The fourth-order valence-electron chi connectivity index (χ4n) is 2.97. The van der Waals surface area contributed by atoms with E-state index in [9.17, 15) is 0 Å². The zero-order valence-corrected chi connectivity index (χ0v) is 10.9. The van der Waals surface area contributed by atoms with Crippen LogP contribution in [0, 0.1) is 0 Å². The monoisotopic (exact) mass is 245 g/mol. The van der Waals surface area contributed by atoms with Crippen LogP contribution >= 0.6 is 0 Å². The van der Waals surface area contributed by atoms with Crippen LogP contribution in [0.4, 0.5) is 0 Å². The van der Waals surface area contributed by atoms with E-state index in [4.69, 9.17) is 11.5 Å². The number of benzene rings is 1. The van der Waals surface area contributed by atoms with Gasteiger partial charge in [-0.1, -0.05) is 18.2 Å². The maximum absolute atomic E-state index is 5.92. The van der Waals surface area contributed by atoms with E-state index < -0.39 is 0 Å². The summed E-state index contributed by atoms with van der Waals surface area (Å²) in [5.41, 5.74) is 16.0. The molecule has 3 rings (SSSR count). The topological polar surface area (TPSA) is 64.1 Å². The van der Waals surface area contributed by atoms with E-state index in [1.165, 1.54) is 29.5 Å². The summed E-state index contributed by atoms with van der Waals surface area (Å²) >= 11 is 0. The van der Waals surface area contributed by atoms with E-state index >= 15 is 0 Å². The number of piperidine rings is 1. The molecule has 3 nitrogen and oxygen atoms in total. The molecule has 0 amide bonds. The predicted molar refractivity (Wildman–Crippen MR) is 74.3 cm³/mol. The molecule has 1 aromatic carbocycles. The van der Waals surface area contributed by atoms with E-state index in [0.717, 1.165) is 25.3 Å². The molecule has 1 aromatic rings. The van der Waals surface area contributed by atoms with Crippen LogP contribution in [0.2, 0.25) is 0 Å². The second-order valence-electron chi connectivity index (χ2n) is 5.73. The lowest BCUT2D eigenvalue weighted by atomic mass is 9.92. The smallest absolute Gasteiger partial charge is 0.0321 e. The van der Waals surface area contributed by atoms with Crippen molar-refractivity contribution in [2.24, 2.45) is 11.5 Å². The number of rotatable bonds is 3. The molecule has 2 fully saturated rings. The molecule has 3 heteroatoms. The van der Waals surface area contributed by atoms with Crippen LogP contribution in [0.25, 0.3) is 0 Å². The molecule has 18 heavy (non-hydrogen) atoms. The molecule has 1 saturated carbocycles. The van der Waals surface area contributed by atoms with Crippen molar-refractivity contribution in [1.29, 1.82) is 0 Å². The molecule has 2 unspecified atom stereocenters. The number of hydrogen-bond acceptors (Lipinski definition) is 3. The lowest BCUT2D eigenvalue weighted by Crippen LogP contribution is -2.41. The Morgan fingerprint density at radius 1 is 1.17 bits per heavy atom. The van der Waals surface area contributed by atoms with E-state index in [0.29, 0.717) is 18.6 Å². The van der Waals surface area contributed by atoms with E-state index in [2.05, 4.69) is 23.5 Å². The van der Waals surface area contributed by atoms with Crippen LogP contribution in [0.3, 0.4) is 0 Å². The Kier molecular flexibility index (Phi) is 3.37. The minimum absolute atomic E-state index is 0.320. The Morgan fingerprint density at radius 2 is 2.00 bits per heavy atom. The van der Waals surface area contributed by atoms with Gasteiger partial charge in [0.15, 0.2) is 0 Å². The van der Waals surface area contributed by atoms with Crippen molar-refractivity contribution in [1.82, 2.24) is 5.32 Å². The van der Waals surface area contributed by atoms with Gasteiger partial charge in [0.1, 0.15) is 0 Å². The standard InChI is InChI=1S/C15H23N3/c16-8-12-7-11(3-5-14(12)10-1-2-10)15-6-4-13(17)9-18-15/h3,5,7,10,13,15,18H,1-2,4,6,8-9,16-17H2. The Bertz CT molecular complexity index is 418. The summed E-state index contributed by atoms with van der Waals surface area (Å²) in [6, 6.07) is 7.67. The van der Waals surface area contributed by atoms with Crippen molar-refractivity contribution in [2.75, 3.05) is 6.54 Å². The number of hydrogen-bond donors (Lipinski definition) is 3. The van der Waals surface area contributed by atoms with E-state index in [1.54, 1.807) is 0 Å². The second-order valence-corrected chi connectivity index (χ2v) is 5.73. The SMILES string of the molecule is NCc1cc(C2CCC(N)CN2)ccc1C1CC1. The third-order valence-corrected chi connectivity index (χ3v) is 4.26. The normalized spacial score (nSPS) is 28.3. The molecular weight excluding hydrogens is 222 g/mol. The van der Waals surface area contributed by atoms with Crippen molar-refractivity contribution in [2.45, 2.75) is 50.2 Å². The average molecular weight is 245 g/mol. The summed E-state index contributed by atoms with van der Waals surface area (Å²) in [7, 11) is 0. The Hall–Kier alpha value is -0.900. The van der Waals surface area contributed by atoms with Gasteiger partial charge in [-0.05, 0) is 48.3 Å². The fourth-order valence-corrected chi connectivity index (χ4v) is 2.97. The van der Waals surface area contributed by atoms with Crippen LogP contribution < -0.4 is 16.8 Å². The quantitative estimate of drug-likeness (QED) is 0.760. The highest BCUT2D eigenvalue weighted by molar-refractivity contribution is 5.38. The molecule has 2 aliphatic rings. The zero-order valence-electron chi connectivity index (χ0n) is 10.9. The van der Waals surface area contributed by atoms with Gasteiger partial charge < -0.3 is 16.8 Å². The van der Waals surface area contributed by atoms with Crippen LogP contribution in [0.15, 0.2) is 18.2 Å². The summed E-state index contributed by atoms with van der Waals surface area (Å²) in [6.45, 7) is 1.58. The first-order chi connectivity index (χ1) is 8.78. The first kappa shape index (κ1) is 12.2. The largest absolute Gasteiger partial charge is 0.327 e. The molecule has 98 valence electrons. The van der Waals surface area contributed by atoms with Crippen molar-refractivity contribution < 1.29 is 0 Å². The van der Waals surface area contributed by atoms with Crippen molar-refractivity contribution in [3.8, 4) is 0 Å². The van der Waals surface area contributed by atoms with Crippen LogP contribution in [-0.4, -0.2) is 12.6 Å². The molecule has 1 saturated heterocycles. The molecule has 5 N–H and O–H groups in total. The van der Waals surface area contributed by atoms with Gasteiger partial charge in [0.25, 0.3) is 0 Å². The highest BCUT2D eigenvalue weighted by atomic mass is 15.0. The van der Waals surface area contributed by atoms with Crippen LogP contribution in [0.5, 0.6) is 0 Å². The minimum atomic E-state index is 0.320. The van der Waals surface area contributed by atoms with Gasteiger partial charge in [0.05, 0.1) is 0 Å². The Morgan fingerprint density at radius 3 is 2.61 bits per heavy atom. The lowest BCUT2D eigenvalue weighted by Gasteiger charge is -2.28. The maximum Gasteiger partial charge on any atom is 0.0321 e. The summed E-state index contributed by atoms with van der Waals surface area (Å²) < 4.78 is 0. The molecule has 0 spiro atoms. The summed E-state index contributed by atoms with van der Waals surface area (Å²) in [6.07, 6.45) is 4.92. The van der Waals surface area contributed by atoms with Crippen molar-refractivity contribution >= 4 is 0 Å². The highest BCUT2D eigenvalue weighted by Gasteiger charge is 2.26. The first-order valence-electron chi connectivity index (χ1n) is 7.09. The van der Waals surface area contributed by atoms with Gasteiger partial charge in [-0.3, -0.25) is 0 Å². The number of nitrogens with one attached hydrogen (secondary N) is 1. The highest BCUT2D eigenvalue weighted by Crippen LogP contribution is 2.42. The Labute approximate surface area is 109 Å². The average Bonchev–Trinajstić information content (AvgIpc) is 3.23. The summed E-state index contributed by atoms with van der Waals surface area (Å²) in [4.78, 5) is 0. The van der Waals surface area contributed by atoms with Gasteiger partial charge in [-0.2, -0.15) is 0 Å². The maximum atomic E-state index is 5.92. The molecule has 1 aliphatic carbocycles. The second kappa shape index (κ2) is 5.00. The number of nitrogens with two attached hydrogens (primary N) is 2. The third kappa shape index (κ3) is 2.44. The molecule has 1 heterocycles. The lowest BCUT2D eigenvalue weighted by molar-refractivity contribution is 0.373. The van der Waals surface area contributed by atoms with Gasteiger partial charge in [-0.25, -0.2) is 0 Å². The van der Waals surface area contributed by atoms with E-state index in [-0.39, 0.29) is 0 Å². The van der Waals surface area contributed by atoms with Gasteiger partial charge >= 0.3 is 0 Å². The summed E-state index contributed by atoms with van der Waals surface area (Å²) in [5, 5.41) is 3.53. The van der Waals surface area contributed by atoms with Crippen LogP contribution in [0.1, 0.15) is 54.3 Å². The molecule has 0 radical (unpaired) electrons. The van der Waals surface area contributed by atoms with Crippen LogP contribution in [-0.2, 0) is 6.54 Å². The zero-order chi connectivity index (χ0) is 12.5. The molecule has 2 atom stereocenters. The van der Waals surface area contributed by atoms with Gasteiger partial charge in [-0.15, -0.1) is 0 Å². The fraction of sp³-hybridized carbons (Fsp3) is 0.600. The van der Waals surface area contributed by atoms with Crippen molar-refractivity contribution in [3.63, 3.8) is 0 Å². The summed E-state index contributed by atoms with van der Waals surface area (Å²) in [5.74, 6) is 0.783. The molecular formula is C15H23N3. The van der Waals surface area contributed by atoms with Gasteiger partial charge in [0, 0.05) is 25.2 Å². The van der Waals surface area contributed by atoms with Crippen molar-refractivity contribution in [3.05, 3.63) is 34.9 Å². The van der Waals surface area contributed by atoms with E-state index in [1.807, 2.05) is 0 Å². The predicted octanol–water partition coefficient (Wildman–Crippen LogP) is 1.77. The molecule has 0 bridgehead atoms. The van der Waals surface area contributed by atoms with Gasteiger partial charge in [0.2, 0.25) is 0 Å².